The predicted octanol–water partition coefficient (Wildman–Crippen LogP) is 3.41. The summed E-state index contributed by atoms with van der Waals surface area (Å²) in [5.41, 5.74) is 7.85. The number of aryl methyl sites for hydroxylation is 1. The fraction of sp³-hybridized carbons (Fsp3) is 0.542. The minimum Gasteiger partial charge on any atom is -0.441 e. The van der Waals surface area contributed by atoms with Crippen molar-refractivity contribution >= 4 is 11.8 Å². The topological polar surface area (TPSA) is 101 Å². The number of hydrogen-bond donors (Lipinski definition) is 2. The number of likely N-dealkylation sites (tertiary alicyclic amines) is 1. The third kappa shape index (κ3) is 5.34. The van der Waals surface area contributed by atoms with Crippen LogP contribution in [0.1, 0.15) is 66.8 Å². The molecule has 3 N–H and O–H groups in total. The zero-order valence-electron chi connectivity index (χ0n) is 18.2. The van der Waals surface area contributed by atoms with E-state index in [2.05, 4.69) is 10.2 Å². The average Bonchev–Trinajstić information content (AvgIpc) is 3.15. The number of primary amides is 1. The van der Waals surface area contributed by atoms with Gasteiger partial charge < -0.3 is 15.5 Å². The highest BCUT2D eigenvalue weighted by atomic mass is 16.4. The smallest absolute Gasteiger partial charge is 0.251 e. The molecule has 7 nitrogen and oxygen atoms in total. The summed E-state index contributed by atoms with van der Waals surface area (Å²) >= 11 is 0. The van der Waals surface area contributed by atoms with Crippen LogP contribution in [0.2, 0.25) is 0 Å². The average molecular weight is 425 g/mol. The van der Waals surface area contributed by atoms with Crippen LogP contribution in [0.15, 0.2) is 28.7 Å². The summed E-state index contributed by atoms with van der Waals surface area (Å²) in [5.74, 6) is 1.14. The van der Waals surface area contributed by atoms with Crippen molar-refractivity contribution in [1.29, 1.82) is 0 Å². The van der Waals surface area contributed by atoms with Gasteiger partial charge in [-0.05, 0) is 70.0 Å². The number of nitrogens with two attached hydrogens (primary N) is 1. The van der Waals surface area contributed by atoms with E-state index in [0.717, 1.165) is 55.8 Å². The predicted molar refractivity (Wildman–Crippen MR) is 118 cm³/mol. The molecule has 1 aromatic heterocycles. The molecule has 0 radical (unpaired) electrons. The molecule has 1 saturated carbocycles. The maximum Gasteiger partial charge on any atom is 0.251 e. The molecule has 1 aromatic carbocycles. The van der Waals surface area contributed by atoms with Gasteiger partial charge in [0.2, 0.25) is 11.8 Å². The number of carbonyl (C=O) groups excluding carboxylic acids is 2. The van der Waals surface area contributed by atoms with Gasteiger partial charge in [0.1, 0.15) is 5.76 Å². The van der Waals surface area contributed by atoms with Crippen LogP contribution in [0.25, 0.3) is 11.5 Å². The number of hydrogen-bond acceptors (Lipinski definition) is 5. The summed E-state index contributed by atoms with van der Waals surface area (Å²) in [6.07, 6.45) is 7.39. The maximum absolute atomic E-state index is 12.5. The first-order valence-electron chi connectivity index (χ1n) is 11.4. The number of aromatic nitrogens is 1. The van der Waals surface area contributed by atoms with Gasteiger partial charge in [0, 0.05) is 29.6 Å². The van der Waals surface area contributed by atoms with Gasteiger partial charge in [-0.3, -0.25) is 14.5 Å². The first-order valence-corrected chi connectivity index (χ1v) is 11.4. The van der Waals surface area contributed by atoms with Gasteiger partial charge in [0.15, 0.2) is 0 Å². The molecule has 1 aliphatic heterocycles. The van der Waals surface area contributed by atoms with E-state index in [4.69, 9.17) is 15.1 Å². The molecule has 2 fully saturated rings. The number of nitrogens with zero attached hydrogens (tertiary/aromatic N) is 2. The zero-order valence-corrected chi connectivity index (χ0v) is 18.2. The Morgan fingerprint density at radius 2 is 1.77 bits per heavy atom. The lowest BCUT2D eigenvalue weighted by Crippen LogP contribution is -2.38. The van der Waals surface area contributed by atoms with Crippen LogP contribution >= 0.6 is 0 Å². The highest BCUT2D eigenvalue weighted by molar-refractivity contribution is 5.94. The normalized spacial score (nSPS) is 18.7. The molecule has 4 rings (SSSR count). The first kappa shape index (κ1) is 21.6. The highest BCUT2D eigenvalue weighted by Crippen LogP contribution is 2.25. The molecule has 166 valence electrons. The second-order valence-electron chi connectivity index (χ2n) is 8.86. The Hall–Kier alpha value is -2.67. The van der Waals surface area contributed by atoms with Crippen LogP contribution < -0.4 is 11.1 Å². The molecule has 1 saturated heterocycles. The third-order valence-corrected chi connectivity index (χ3v) is 6.59. The second kappa shape index (κ2) is 9.64. The molecular weight excluding hydrogens is 392 g/mol. The number of benzene rings is 1. The number of rotatable bonds is 6. The summed E-state index contributed by atoms with van der Waals surface area (Å²) in [4.78, 5) is 30.9. The van der Waals surface area contributed by atoms with Crippen molar-refractivity contribution in [2.75, 3.05) is 13.1 Å². The highest BCUT2D eigenvalue weighted by Gasteiger charge is 2.24. The van der Waals surface area contributed by atoms with E-state index in [1.807, 2.05) is 31.2 Å². The molecule has 2 heterocycles. The Morgan fingerprint density at radius 3 is 2.42 bits per heavy atom. The molecule has 2 amide bonds. The van der Waals surface area contributed by atoms with E-state index in [1.54, 1.807) is 0 Å². The number of nitrogens with one attached hydrogen (secondary N) is 1. The van der Waals surface area contributed by atoms with Crippen molar-refractivity contribution in [3.63, 3.8) is 0 Å². The SMILES string of the molecule is Cc1oc(-c2ccc(C(=O)NC3CCCCC3)cc2)nc1CN1CCC(C(N)=O)CC1. The number of amides is 2. The van der Waals surface area contributed by atoms with E-state index >= 15 is 0 Å². The molecule has 7 heteroatoms. The lowest BCUT2D eigenvalue weighted by atomic mass is 9.95. The van der Waals surface area contributed by atoms with Gasteiger partial charge in [-0.2, -0.15) is 0 Å². The summed E-state index contributed by atoms with van der Waals surface area (Å²) in [5, 5.41) is 3.15. The fourth-order valence-electron chi connectivity index (χ4n) is 4.57. The van der Waals surface area contributed by atoms with Crippen molar-refractivity contribution in [2.45, 2.75) is 64.5 Å². The van der Waals surface area contributed by atoms with Crippen molar-refractivity contribution in [2.24, 2.45) is 11.7 Å². The molecule has 2 aromatic rings. The van der Waals surface area contributed by atoms with Crippen molar-refractivity contribution in [3.8, 4) is 11.5 Å². The van der Waals surface area contributed by atoms with Crippen LogP contribution in [-0.4, -0.2) is 40.8 Å². The fourth-order valence-corrected chi connectivity index (χ4v) is 4.57. The second-order valence-corrected chi connectivity index (χ2v) is 8.86. The Labute approximate surface area is 183 Å². The molecule has 0 unspecified atom stereocenters. The first-order chi connectivity index (χ1) is 15.0. The van der Waals surface area contributed by atoms with E-state index < -0.39 is 0 Å². The van der Waals surface area contributed by atoms with Gasteiger partial charge in [0.05, 0.1) is 5.69 Å². The van der Waals surface area contributed by atoms with E-state index in [-0.39, 0.29) is 17.7 Å². The minimum absolute atomic E-state index is 0.0120. The minimum atomic E-state index is -0.199. The summed E-state index contributed by atoms with van der Waals surface area (Å²) in [7, 11) is 0. The summed E-state index contributed by atoms with van der Waals surface area (Å²) in [6, 6.07) is 7.75. The van der Waals surface area contributed by atoms with Gasteiger partial charge in [-0.15, -0.1) is 0 Å². The zero-order chi connectivity index (χ0) is 21.8. The van der Waals surface area contributed by atoms with E-state index in [0.29, 0.717) is 24.0 Å². The van der Waals surface area contributed by atoms with Gasteiger partial charge in [-0.1, -0.05) is 19.3 Å². The van der Waals surface area contributed by atoms with Crippen LogP contribution in [0.4, 0.5) is 0 Å². The number of carbonyl (C=O) groups is 2. The molecular formula is C24H32N4O3. The van der Waals surface area contributed by atoms with Crippen molar-refractivity contribution in [3.05, 3.63) is 41.3 Å². The van der Waals surface area contributed by atoms with Gasteiger partial charge >= 0.3 is 0 Å². The number of piperidine rings is 1. The van der Waals surface area contributed by atoms with E-state index in [1.165, 1.54) is 19.3 Å². The van der Waals surface area contributed by atoms with Crippen molar-refractivity contribution < 1.29 is 14.0 Å². The Bertz CT molecular complexity index is 907. The summed E-state index contributed by atoms with van der Waals surface area (Å²) < 4.78 is 5.91. The van der Waals surface area contributed by atoms with Crippen LogP contribution in [0.3, 0.4) is 0 Å². The Morgan fingerprint density at radius 1 is 1.10 bits per heavy atom. The van der Waals surface area contributed by atoms with E-state index in [9.17, 15) is 9.59 Å². The molecule has 0 atom stereocenters. The largest absolute Gasteiger partial charge is 0.441 e. The monoisotopic (exact) mass is 424 g/mol. The van der Waals surface area contributed by atoms with Crippen LogP contribution in [-0.2, 0) is 11.3 Å². The third-order valence-electron chi connectivity index (χ3n) is 6.59. The summed E-state index contributed by atoms with van der Waals surface area (Å²) in [6.45, 7) is 4.29. The maximum atomic E-state index is 12.5. The molecule has 31 heavy (non-hydrogen) atoms. The standard InChI is InChI=1S/C24H32N4O3/c1-16-21(15-28-13-11-17(12-14-28)22(25)29)27-24(31-16)19-9-7-18(8-10-19)23(30)26-20-5-3-2-4-6-20/h7-10,17,20H,2-6,11-15H2,1H3,(H2,25,29)(H,26,30). The van der Waals surface area contributed by atoms with Crippen LogP contribution in [0.5, 0.6) is 0 Å². The quantitative estimate of drug-likeness (QED) is 0.740. The Balaban J connectivity index is 1.36. The molecule has 2 aliphatic rings. The van der Waals surface area contributed by atoms with Gasteiger partial charge in [0.25, 0.3) is 5.91 Å². The lowest BCUT2D eigenvalue weighted by molar-refractivity contribution is -0.123. The Kier molecular flexibility index (Phi) is 6.70. The van der Waals surface area contributed by atoms with Crippen LogP contribution in [0, 0.1) is 12.8 Å². The molecule has 1 aliphatic carbocycles. The molecule has 0 spiro atoms. The van der Waals surface area contributed by atoms with Crippen molar-refractivity contribution in [1.82, 2.24) is 15.2 Å². The van der Waals surface area contributed by atoms with Gasteiger partial charge in [-0.25, -0.2) is 4.98 Å². The lowest BCUT2D eigenvalue weighted by Gasteiger charge is -2.29. The molecule has 0 bridgehead atoms. The number of oxazole rings is 1.